The molecule has 0 radical (unpaired) electrons. The van der Waals surface area contributed by atoms with Crippen LogP contribution < -0.4 is 10.6 Å². The molecule has 0 aromatic rings. The molecule has 0 aliphatic rings. The lowest BCUT2D eigenvalue weighted by Gasteiger charge is -2.18. The monoisotopic (exact) mass is 228 g/mol. The molecule has 0 fully saturated rings. The van der Waals surface area contributed by atoms with Gasteiger partial charge in [0.05, 0.1) is 0 Å². The van der Waals surface area contributed by atoms with Crippen LogP contribution in [0.5, 0.6) is 0 Å². The lowest BCUT2D eigenvalue weighted by Crippen LogP contribution is -2.40. The minimum atomic E-state index is 0.388. The first kappa shape index (κ1) is 14.4. The summed E-state index contributed by atoms with van der Waals surface area (Å²) in [7, 11) is 0. The molecule has 2 N–H and O–H groups in total. The van der Waals surface area contributed by atoms with Crippen LogP contribution in [0.1, 0.15) is 41.5 Å². The summed E-state index contributed by atoms with van der Waals surface area (Å²) in [6.07, 6.45) is 0. The quantitative estimate of drug-likeness (QED) is 0.571. The molecule has 0 aromatic heterocycles. The maximum Gasteiger partial charge on any atom is 0.166 e. The average Bonchev–Trinajstić information content (AvgIpc) is 2.00. The van der Waals surface area contributed by atoms with Crippen molar-refractivity contribution < 1.29 is 0 Å². The standard InChI is InChI=1S/C12H24N2S/c1-8(2)11(9(3)4)7-13-12(15)14-10(5)6/h8,10H,7H2,1-6H3,(H2,13,14,15). The van der Waals surface area contributed by atoms with Crippen LogP contribution in [0.25, 0.3) is 0 Å². The van der Waals surface area contributed by atoms with Crippen molar-refractivity contribution in [3.8, 4) is 0 Å². The number of thiocarbonyl (C=S) groups is 1. The van der Waals surface area contributed by atoms with Gasteiger partial charge in [-0.1, -0.05) is 19.4 Å². The number of allylic oxidation sites excluding steroid dienone is 1. The van der Waals surface area contributed by atoms with Crippen LogP contribution in [-0.2, 0) is 0 Å². The van der Waals surface area contributed by atoms with E-state index in [1.807, 2.05) is 0 Å². The molecule has 0 spiro atoms. The Morgan fingerprint density at radius 3 is 2.00 bits per heavy atom. The predicted molar refractivity (Wildman–Crippen MR) is 72.1 cm³/mol. The molecule has 0 aliphatic carbocycles. The molecule has 0 aliphatic heterocycles. The van der Waals surface area contributed by atoms with Gasteiger partial charge in [0.15, 0.2) is 5.11 Å². The van der Waals surface area contributed by atoms with E-state index in [9.17, 15) is 0 Å². The van der Waals surface area contributed by atoms with E-state index in [1.165, 1.54) is 11.1 Å². The number of hydrogen-bond acceptors (Lipinski definition) is 1. The van der Waals surface area contributed by atoms with Gasteiger partial charge in [-0.2, -0.15) is 0 Å². The van der Waals surface area contributed by atoms with E-state index < -0.39 is 0 Å². The van der Waals surface area contributed by atoms with Gasteiger partial charge in [-0.25, -0.2) is 0 Å². The van der Waals surface area contributed by atoms with Crippen LogP contribution in [-0.4, -0.2) is 17.7 Å². The van der Waals surface area contributed by atoms with E-state index in [4.69, 9.17) is 12.2 Å². The summed E-state index contributed by atoms with van der Waals surface area (Å²) >= 11 is 5.18. The molecule has 0 rings (SSSR count). The molecule has 0 bridgehead atoms. The highest BCUT2D eigenvalue weighted by atomic mass is 32.1. The normalized spacial score (nSPS) is 10.4. The Kier molecular flexibility index (Phi) is 6.57. The zero-order chi connectivity index (χ0) is 12.0. The van der Waals surface area contributed by atoms with Crippen LogP contribution >= 0.6 is 12.2 Å². The third kappa shape index (κ3) is 6.50. The predicted octanol–water partition coefficient (Wildman–Crippen LogP) is 2.85. The summed E-state index contributed by atoms with van der Waals surface area (Å²) in [4.78, 5) is 0. The first-order chi connectivity index (χ1) is 6.84. The molecular weight excluding hydrogens is 204 g/mol. The van der Waals surface area contributed by atoms with E-state index >= 15 is 0 Å². The number of nitrogens with one attached hydrogen (secondary N) is 2. The highest BCUT2D eigenvalue weighted by Crippen LogP contribution is 2.13. The molecule has 88 valence electrons. The topological polar surface area (TPSA) is 24.1 Å². The maximum atomic E-state index is 5.18. The third-order valence-corrected chi connectivity index (χ3v) is 2.46. The Bertz CT molecular complexity index is 238. The Labute approximate surface area is 99.5 Å². The average molecular weight is 228 g/mol. The fourth-order valence-electron chi connectivity index (χ4n) is 1.45. The molecule has 3 heteroatoms. The van der Waals surface area contributed by atoms with Crippen LogP contribution in [0.15, 0.2) is 11.1 Å². The number of hydrogen-bond donors (Lipinski definition) is 2. The van der Waals surface area contributed by atoms with Crippen LogP contribution in [0.2, 0.25) is 0 Å². The number of rotatable bonds is 4. The fraction of sp³-hybridized carbons (Fsp3) is 0.750. The minimum Gasteiger partial charge on any atom is -0.361 e. The van der Waals surface area contributed by atoms with Gasteiger partial charge < -0.3 is 10.6 Å². The van der Waals surface area contributed by atoms with Crippen molar-refractivity contribution in [3.05, 3.63) is 11.1 Å². The maximum absolute atomic E-state index is 5.18. The van der Waals surface area contributed by atoms with Gasteiger partial charge in [0.25, 0.3) is 0 Å². The van der Waals surface area contributed by atoms with E-state index in [0.29, 0.717) is 12.0 Å². The second-order valence-corrected chi connectivity index (χ2v) is 5.07. The van der Waals surface area contributed by atoms with Crippen LogP contribution in [0.3, 0.4) is 0 Å². The van der Waals surface area contributed by atoms with Crippen molar-refractivity contribution >= 4 is 17.3 Å². The Balaban J connectivity index is 4.14. The smallest absolute Gasteiger partial charge is 0.166 e. The minimum absolute atomic E-state index is 0.388. The highest BCUT2D eigenvalue weighted by molar-refractivity contribution is 7.80. The molecule has 0 saturated heterocycles. The van der Waals surface area contributed by atoms with E-state index in [0.717, 1.165) is 11.7 Å². The zero-order valence-corrected chi connectivity index (χ0v) is 11.6. The van der Waals surface area contributed by atoms with Crippen molar-refractivity contribution in [2.75, 3.05) is 6.54 Å². The summed E-state index contributed by atoms with van der Waals surface area (Å²) in [6.45, 7) is 13.7. The van der Waals surface area contributed by atoms with Crippen molar-refractivity contribution in [2.45, 2.75) is 47.6 Å². The van der Waals surface area contributed by atoms with Gasteiger partial charge in [-0.3, -0.25) is 0 Å². The summed E-state index contributed by atoms with van der Waals surface area (Å²) in [5.74, 6) is 0.573. The molecule has 0 heterocycles. The Hall–Kier alpha value is -0.570. The molecule has 15 heavy (non-hydrogen) atoms. The van der Waals surface area contributed by atoms with Gasteiger partial charge in [0.2, 0.25) is 0 Å². The lowest BCUT2D eigenvalue weighted by molar-refractivity contribution is 0.689. The molecule has 0 amide bonds. The van der Waals surface area contributed by atoms with Gasteiger partial charge in [-0.15, -0.1) is 0 Å². The SMILES string of the molecule is CC(C)=C(CNC(=S)NC(C)C)C(C)C. The zero-order valence-electron chi connectivity index (χ0n) is 10.8. The highest BCUT2D eigenvalue weighted by Gasteiger charge is 2.06. The van der Waals surface area contributed by atoms with Gasteiger partial charge >= 0.3 is 0 Å². The summed E-state index contributed by atoms with van der Waals surface area (Å²) in [6, 6.07) is 0.388. The lowest BCUT2D eigenvalue weighted by atomic mass is 9.99. The molecule has 0 aromatic carbocycles. The van der Waals surface area contributed by atoms with E-state index in [-0.39, 0.29) is 0 Å². The molecule has 0 atom stereocenters. The molecular formula is C12H24N2S. The van der Waals surface area contributed by atoms with Crippen molar-refractivity contribution in [1.29, 1.82) is 0 Å². The molecule has 0 unspecified atom stereocenters. The van der Waals surface area contributed by atoms with Gasteiger partial charge in [-0.05, 0) is 51.4 Å². The second kappa shape index (κ2) is 6.83. The molecule has 2 nitrogen and oxygen atoms in total. The second-order valence-electron chi connectivity index (χ2n) is 4.66. The third-order valence-electron chi connectivity index (χ3n) is 2.20. The van der Waals surface area contributed by atoms with Gasteiger partial charge in [0.1, 0.15) is 0 Å². The largest absolute Gasteiger partial charge is 0.361 e. The first-order valence-corrected chi connectivity index (χ1v) is 5.96. The van der Waals surface area contributed by atoms with Crippen LogP contribution in [0.4, 0.5) is 0 Å². The first-order valence-electron chi connectivity index (χ1n) is 5.55. The van der Waals surface area contributed by atoms with Crippen molar-refractivity contribution in [2.24, 2.45) is 5.92 Å². The van der Waals surface area contributed by atoms with E-state index in [2.05, 4.69) is 52.2 Å². The van der Waals surface area contributed by atoms with Crippen molar-refractivity contribution in [3.63, 3.8) is 0 Å². The van der Waals surface area contributed by atoms with Crippen molar-refractivity contribution in [1.82, 2.24) is 10.6 Å². The van der Waals surface area contributed by atoms with Gasteiger partial charge in [0, 0.05) is 12.6 Å². The van der Waals surface area contributed by atoms with E-state index in [1.54, 1.807) is 0 Å². The fourth-order valence-corrected chi connectivity index (χ4v) is 1.75. The Morgan fingerprint density at radius 2 is 1.67 bits per heavy atom. The Morgan fingerprint density at radius 1 is 1.13 bits per heavy atom. The summed E-state index contributed by atoms with van der Waals surface area (Å²) in [5, 5.41) is 7.15. The molecule has 0 saturated carbocycles. The summed E-state index contributed by atoms with van der Waals surface area (Å²) in [5.41, 5.74) is 2.81. The summed E-state index contributed by atoms with van der Waals surface area (Å²) < 4.78 is 0. The van der Waals surface area contributed by atoms with Crippen LogP contribution in [0, 0.1) is 5.92 Å².